The maximum atomic E-state index is 11.9. The number of hydrogen-bond donors (Lipinski definition) is 2. The molecular formula is C22H26N6O4. The van der Waals surface area contributed by atoms with Gasteiger partial charge >= 0.3 is 5.97 Å². The number of nitrogens with one attached hydrogen (secondary N) is 1. The van der Waals surface area contributed by atoms with Gasteiger partial charge in [-0.1, -0.05) is 0 Å². The predicted molar refractivity (Wildman–Crippen MR) is 119 cm³/mol. The fourth-order valence-electron chi connectivity index (χ4n) is 3.37. The van der Waals surface area contributed by atoms with Crippen LogP contribution in [-0.4, -0.2) is 51.6 Å². The number of benzene rings is 1. The van der Waals surface area contributed by atoms with Crippen molar-refractivity contribution in [2.45, 2.75) is 25.9 Å². The van der Waals surface area contributed by atoms with E-state index in [4.69, 9.17) is 19.9 Å². The number of nitrogen functional groups attached to an aromatic ring is 1. The summed E-state index contributed by atoms with van der Waals surface area (Å²) in [6.45, 7) is 3.44. The monoisotopic (exact) mass is 438 g/mol. The summed E-state index contributed by atoms with van der Waals surface area (Å²) in [7, 11) is 1.72. The zero-order valence-electron chi connectivity index (χ0n) is 18.1. The maximum Gasteiger partial charge on any atom is 0.358 e. The normalized spacial score (nSPS) is 14.2. The number of carbonyl (C=O) groups excluding carboxylic acids is 1. The molecule has 10 heteroatoms. The summed E-state index contributed by atoms with van der Waals surface area (Å²) in [5.41, 5.74) is 8.53. The fourth-order valence-corrected chi connectivity index (χ4v) is 3.37. The minimum absolute atomic E-state index is 0.116. The van der Waals surface area contributed by atoms with Gasteiger partial charge in [-0.2, -0.15) is 5.10 Å². The zero-order chi connectivity index (χ0) is 22.5. The summed E-state index contributed by atoms with van der Waals surface area (Å²) in [6, 6.07) is 9.01. The van der Waals surface area contributed by atoms with Crippen LogP contribution in [0.3, 0.4) is 0 Å². The minimum Gasteiger partial charge on any atom is -0.488 e. The third kappa shape index (κ3) is 4.97. The Kier molecular flexibility index (Phi) is 6.50. The van der Waals surface area contributed by atoms with Crippen LogP contribution in [0.15, 0.2) is 36.5 Å². The first kappa shape index (κ1) is 21.6. The van der Waals surface area contributed by atoms with Crippen molar-refractivity contribution in [3.05, 3.63) is 42.2 Å². The standard InChI is InChI=1S/C22H26N6O4/c1-3-31-21(29)18-13-20(28(2)27-18)26-22-24-9-6-17(25-22)14-4-5-19(16(23)12-14)32-15-7-10-30-11-8-15/h4-6,9,12-13,15H,3,7-8,10-11,23H2,1-2H3,(H,24,25,26). The molecule has 3 heterocycles. The summed E-state index contributed by atoms with van der Waals surface area (Å²) in [5.74, 6) is 1.10. The van der Waals surface area contributed by atoms with Crippen LogP contribution in [0, 0.1) is 0 Å². The van der Waals surface area contributed by atoms with Crippen molar-refractivity contribution < 1.29 is 19.0 Å². The predicted octanol–water partition coefficient (Wildman–Crippen LogP) is 2.94. The Hall–Kier alpha value is -3.66. The summed E-state index contributed by atoms with van der Waals surface area (Å²) in [4.78, 5) is 20.7. The maximum absolute atomic E-state index is 11.9. The Balaban J connectivity index is 1.49. The van der Waals surface area contributed by atoms with E-state index in [0.717, 1.165) is 18.4 Å². The zero-order valence-corrected chi connectivity index (χ0v) is 18.1. The molecule has 1 aliphatic heterocycles. The van der Waals surface area contributed by atoms with Crippen LogP contribution in [0.25, 0.3) is 11.3 Å². The molecule has 1 aliphatic rings. The molecule has 32 heavy (non-hydrogen) atoms. The van der Waals surface area contributed by atoms with E-state index in [9.17, 15) is 4.79 Å². The topological polar surface area (TPSA) is 126 Å². The van der Waals surface area contributed by atoms with Gasteiger partial charge in [-0.25, -0.2) is 14.8 Å². The second-order valence-corrected chi connectivity index (χ2v) is 7.33. The van der Waals surface area contributed by atoms with Crippen LogP contribution in [0.2, 0.25) is 0 Å². The van der Waals surface area contributed by atoms with Crippen molar-refractivity contribution in [3.63, 3.8) is 0 Å². The van der Waals surface area contributed by atoms with Gasteiger partial charge in [0.15, 0.2) is 5.69 Å². The van der Waals surface area contributed by atoms with E-state index in [0.29, 0.717) is 42.1 Å². The second kappa shape index (κ2) is 9.65. The van der Waals surface area contributed by atoms with Crippen LogP contribution in [0.4, 0.5) is 17.5 Å². The number of hydrogen-bond acceptors (Lipinski definition) is 9. The summed E-state index contributed by atoms with van der Waals surface area (Å²) < 4.78 is 17.9. The highest BCUT2D eigenvalue weighted by Crippen LogP contribution is 2.30. The van der Waals surface area contributed by atoms with E-state index in [1.54, 1.807) is 32.3 Å². The molecule has 168 valence electrons. The Labute approximate surface area is 185 Å². The van der Waals surface area contributed by atoms with Crippen LogP contribution in [0.5, 0.6) is 5.75 Å². The molecule has 3 N–H and O–H groups in total. The van der Waals surface area contributed by atoms with Gasteiger partial charge in [-0.05, 0) is 31.2 Å². The van der Waals surface area contributed by atoms with Gasteiger partial charge in [-0.3, -0.25) is 4.68 Å². The minimum atomic E-state index is -0.482. The fraction of sp³-hybridized carbons (Fsp3) is 0.364. The smallest absolute Gasteiger partial charge is 0.358 e. The van der Waals surface area contributed by atoms with Crippen LogP contribution in [-0.2, 0) is 16.5 Å². The lowest BCUT2D eigenvalue weighted by atomic mass is 10.1. The van der Waals surface area contributed by atoms with Crippen LogP contribution < -0.4 is 15.8 Å². The number of esters is 1. The number of anilines is 3. The highest BCUT2D eigenvalue weighted by molar-refractivity contribution is 5.88. The average molecular weight is 438 g/mol. The van der Waals surface area contributed by atoms with Gasteiger partial charge in [0, 0.05) is 37.7 Å². The highest BCUT2D eigenvalue weighted by Gasteiger charge is 2.17. The first-order chi connectivity index (χ1) is 15.5. The average Bonchev–Trinajstić information content (AvgIpc) is 3.16. The van der Waals surface area contributed by atoms with E-state index in [-0.39, 0.29) is 18.4 Å². The number of ether oxygens (including phenoxy) is 3. The van der Waals surface area contributed by atoms with Crippen molar-refractivity contribution in [1.29, 1.82) is 0 Å². The molecule has 2 aromatic heterocycles. The van der Waals surface area contributed by atoms with E-state index < -0.39 is 5.97 Å². The molecular weight excluding hydrogens is 412 g/mol. The van der Waals surface area contributed by atoms with Gasteiger partial charge in [0.1, 0.15) is 17.7 Å². The summed E-state index contributed by atoms with van der Waals surface area (Å²) in [5, 5.41) is 7.24. The molecule has 3 aromatic rings. The number of carbonyl (C=O) groups is 1. The van der Waals surface area contributed by atoms with Crippen molar-refractivity contribution in [3.8, 4) is 17.0 Å². The Morgan fingerprint density at radius 3 is 2.84 bits per heavy atom. The molecule has 0 aliphatic carbocycles. The third-order valence-corrected chi connectivity index (χ3v) is 5.03. The van der Waals surface area contributed by atoms with E-state index in [2.05, 4.69) is 20.4 Å². The van der Waals surface area contributed by atoms with Crippen molar-refractivity contribution >= 4 is 23.4 Å². The van der Waals surface area contributed by atoms with Crippen molar-refractivity contribution in [2.75, 3.05) is 30.9 Å². The molecule has 1 saturated heterocycles. The molecule has 0 radical (unpaired) electrons. The van der Waals surface area contributed by atoms with Crippen molar-refractivity contribution in [1.82, 2.24) is 19.7 Å². The first-order valence-electron chi connectivity index (χ1n) is 10.5. The van der Waals surface area contributed by atoms with Gasteiger partial charge < -0.3 is 25.3 Å². The Bertz CT molecular complexity index is 1090. The Morgan fingerprint density at radius 2 is 2.09 bits per heavy atom. The van der Waals surface area contributed by atoms with Crippen LogP contribution >= 0.6 is 0 Å². The molecule has 0 spiro atoms. The largest absolute Gasteiger partial charge is 0.488 e. The molecule has 1 fully saturated rings. The summed E-state index contributed by atoms with van der Waals surface area (Å²) >= 11 is 0. The van der Waals surface area contributed by atoms with E-state index in [1.165, 1.54) is 4.68 Å². The number of aromatic nitrogens is 4. The molecule has 1 aromatic carbocycles. The Morgan fingerprint density at radius 1 is 1.28 bits per heavy atom. The van der Waals surface area contributed by atoms with E-state index in [1.807, 2.05) is 18.2 Å². The second-order valence-electron chi connectivity index (χ2n) is 7.33. The molecule has 0 amide bonds. The van der Waals surface area contributed by atoms with Crippen LogP contribution in [0.1, 0.15) is 30.3 Å². The lowest BCUT2D eigenvalue weighted by Crippen LogP contribution is -2.26. The molecule has 0 saturated carbocycles. The summed E-state index contributed by atoms with van der Waals surface area (Å²) in [6.07, 6.45) is 3.47. The number of aryl methyl sites for hydroxylation is 1. The molecule has 0 unspecified atom stereocenters. The quantitative estimate of drug-likeness (QED) is 0.423. The van der Waals surface area contributed by atoms with Gasteiger partial charge in [0.2, 0.25) is 5.95 Å². The van der Waals surface area contributed by atoms with Gasteiger partial charge in [0.25, 0.3) is 0 Å². The molecule has 0 bridgehead atoms. The lowest BCUT2D eigenvalue weighted by molar-refractivity contribution is 0.0258. The third-order valence-electron chi connectivity index (χ3n) is 5.03. The number of nitrogens with two attached hydrogens (primary N) is 1. The van der Waals surface area contributed by atoms with Crippen molar-refractivity contribution in [2.24, 2.45) is 7.05 Å². The number of nitrogens with zero attached hydrogens (tertiary/aromatic N) is 4. The van der Waals surface area contributed by atoms with E-state index >= 15 is 0 Å². The first-order valence-corrected chi connectivity index (χ1v) is 10.5. The molecule has 4 rings (SSSR count). The lowest BCUT2D eigenvalue weighted by Gasteiger charge is -2.24. The molecule has 0 atom stereocenters. The van der Waals surface area contributed by atoms with Gasteiger partial charge in [-0.15, -0.1) is 0 Å². The molecule has 10 nitrogen and oxygen atoms in total. The van der Waals surface area contributed by atoms with Gasteiger partial charge in [0.05, 0.1) is 31.2 Å². The number of rotatable bonds is 7. The highest BCUT2D eigenvalue weighted by atomic mass is 16.5. The SMILES string of the molecule is CCOC(=O)c1cc(Nc2nccc(-c3ccc(OC4CCOCC4)c(N)c3)n2)n(C)n1.